The van der Waals surface area contributed by atoms with E-state index in [0.29, 0.717) is 12.8 Å². The molecule has 3 heteroatoms. The van der Waals surface area contributed by atoms with E-state index in [0.717, 1.165) is 34.3 Å². The first-order valence-electron chi connectivity index (χ1n) is 9.04. The molecule has 0 amide bonds. The summed E-state index contributed by atoms with van der Waals surface area (Å²) in [6.45, 7) is 2.21. The fourth-order valence-corrected chi connectivity index (χ4v) is 3.44. The number of furan rings is 1. The third-order valence-electron chi connectivity index (χ3n) is 4.86. The second-order valence-electron chi connectivity index (χ2n) is 6.73. The van der Waals surface area contributed by atoms with Crippen LogP contribution < -0.4 is 0 Å². The monoisotopic (exact) mass is 334 g/mol. The van der Waals surface area contributed by atoms with E-state index in [1.807, 2.05) is 18.2 Å². The van der Waals surface area contributed by atoms with E-state index in [4.69, 9.17) is 9.15 Å². The van der Waals surface area contributed by atoms with Crippen molar-refractivity contribution in [3.8, 4) is 11.3 Å². The van der Waals surface area contributed by atoms with Gasteiger partial charge >= 0.3 is 5.97 Å². The third kappa shape index (κ3) is 3.19. The molecule has 0 N–H and O–H groups in total. The number of hydrogen-bond donors (Lipinski definition) is 0. The number of fused-ring (bicyclic) bond motifs is 1. The van der Waals surface area contributed by atoms with Gasteiger partial charge in [0, 0.05) is 22.9 Å². The van der Waals surface area contributed by atoms with Crippen LogP contribution in [-0.2, 0) is 22.4 Å². The Kier molecular flexibility index (Phi) is 4.31. The third-order valence-corrected chi connectivity index (χ3v) is 4.86. The van der Waals surface area contributed by atoms with E-state index in [2.05, 4.69) is 37.3 Å². The molecule has 2 heterocycles. The van der Waals surface area contributed by atoms with Crippen molar-refractivity contribution in [2.45, 2.75) is 45.1 Å². The number of hydrogen-bond acceptors (Lipinski definition) is 3. The lowest BCUT2D eigenvalue weighted by Crippen LogP contribution is -2.34. The Bertz CT molecular complexity index is 881. The van der Waals surface area contributed by atoms with Gasteiger partial charge in [0.1, 0.15) is 17.4 Å². The van der Waals surface area contributed by atoms with Gasteiger partial charge in [-0.2, -0.15) is 0 Å². The van der Waals surface area contributed by atoms with Gasteiger partial charge in [-0.3, -0.25) is 4.79 Å². The molecule has 0 aliphatic carbocycles. The Morgan fingerprint density at radius 2 is 1.84 bits per heavy atom. The molecular weight excluding hydrogens is 312 g/mol. The molecule has 25 heavy (non-hydrogen) atoms. The molecule has 0 bridgehead atoms. The Balaban J connectivity index is 1.69. The second kappa shape index (κ2) is 6.75. The smallest absolute Gasteiger partial charge is 0.309 e. The van der Waals surface area contributed by atoms with E-state index in [1.165, 1.54) is 18.4 Å². The summed E-state index contributed by atoms with van der Waals surface area (Å²) >= 11 is 0. The number of carbonyl (C=O) groups excluding carboxylic acids is 1. The zero-order valence-electron chi connectivity index (χ0n) is 14.5. The van der Waals surface area contributed by atoms with Crippen LogP contribution in [0.3, 0.4) is 0 Å². The highest BCUT2D eigenvalue weighted by Gasteiger charge is 2.31. The summed E-state index contributed by atoms with van der Waals surface area (Å²) in [5, 5.41) is 1.11. The predicted molar refractivity (Wildman–Crippen MR) is 98.5 cm³/mol. The highest BCUT2D eigenvalue weighted by atomic mass is 16.6. The molecule has 1 aliphatic heterocycles. The number of carbonyl (C=O) groups is 1. The quantitative estimate of drug-likeness (QED) is 0.574. The number of cyclic esters (lactones) is 1. The van der Waals surface area contributed by atoms with Crippen LogP contribution in [0.4, 0.5) is 0 Å². The standard InChI is InChI=1S/C22H22O3/c1-2-3-6-15-9-11-16(12-10-15)22-19(13-17-14-21(23)24-17)18-7-4-5-8-20(18)25-22/h4-5,7-12,17H,2-3,6,13-14H2,1H3. The van der Waals surface area contributed by atoms with Crippen molar-refractivity contribution < 1.29 is 13.9 Å². The molecule has 128 valence electrons. The number of rotatable bonds is 6. The average molecular weight is 334 g/mol. The molecule has 0 spiro atoms. The maximum absolute atomic E-state index is 11.1. The molecule has 1 unspecified atom stereocenters. The lowest BCUT2D eigenvalue weighted by atomic mass is 9.96. The van der Waals surface area contributed by atoms with Gasteiger partial charge in [-0.25, -0.2) is 0 Å². The minimum atomic E-state index is -0.111. The Hall–Kier alpha value is -2.55. The van der Waals surface area contributed by atoms with Crippen molar-refractivity contribution in [2.75, 3.05) is 0 Å². The fourth-order valence-electron chi connectivity index (χ4n) is 3.44. The van der Waals surface area contributed by atoms with Gasteiger partial charge in [-0.1, -0.05) is 55.8 Å². The number of benzene rings is 2. The molecule has 1 fully saturated rings. The summed E-state index contributed by atoms with van der Waals surface area (Å²) in [6, 6.07) is 16.7. The van der Waals surface area contributed by atoms with Crippen molar-refractivity contribution in [3.63, 3.8) is 0 Å². The number of esters is 1. The number of aryl methyl sites for hydroxylation is 1. The molecule has 0 saturated carbocycles. The Morgan fingerprint density at radius 3 is 2.56 bits per heavy atom. The summed E-state index contributed by atoms with van der Waals surface area (Å²) in [5.41, 5.74) is 4.45. The minimum absolute atomic E-state index is 0.0314. The zero-order valence-corrected chi connectivity index (χ0v) is 14.5. The van der Waals surface area contributed by atoms with E-state index < -0.39 is 0 Å². The molecule has 2 aromatic carbocycles. The number of ether oxygens (including phenoxy) is 1. The maximum Gasteiger partial charge on any atom is 0.309 e. The second-order valence-corrected chi connectivity index (χ2v) is 6.73. The van der Waals surface area contributed by atoms with Crippen LogP contribution in [-0.4, -0.2) is 12.1 Å². The van der Waals surface area contributed by atoms with E-state index >= 15 is 0 Å². The van der Waals surface area contributed by atoms with Crippen LogP contribution in [0.1, 0.15) is 37.3 Å². The minimum Gasteiger partial charge on any atom is -0.461 e. The van der Waals surface area contributed by atoms with E-state index in [1.54, 1.807) is 0 Å². The van der Waals surface area contributed by atoms with Gasteiger partial charge in [0.15, 0.2) is 0 Å². The Morgan fingerprint density at radius 1 is 1.08 bits per heavy atom. The van der Waals surface area contributed by atoms with Gasteiger partial charge in [0.25, 0.3) is 0 Å². The molecule has 3 nitrogen and oxygen atoms in total. The summed E-state index contributed by atoms with van der Waals surface area (Å²) < 4.78 is 11.4. The number of unbranched alkanes of at least 4 members (excludes halogenated alkanes) is 1. The molecule has 1 aliphatic rings. The van der Waals surface area contributed by atoms with Crippen LogP contribution in [0.5, 0.6) is 0 Å². The van der Waals surface area contributed by atoms with Crippen LogP contribution in [0, 0.1) is 0 Å². The van der Waals surface area contributed by atoms with Crippen LogP contribution >= 0.6 is 0 Å². The van der Waals surface area contributed by atoms with Crippen LogP contribution in [0.2, 0.25) is 0 Å². The van der Waals surface area contributed by atoms with Gasteiger partial charge < -0.3 is 9.15 Å². The van der Waals surface area contributed by atoms with Crippen LogP contribution in [0.25, 0.3) is 22.3 Å². The summed E-state index contributed by atoms with van der Waals surface area (Å²) in [7, 11) is 0. The lowest BCUT2D eigenvalue weighted by molar-refractivity contribution is -0.169. The molecule has 4 rings (SSSR count). The van der Waals surface area contributed by atoms with E-state index in [-0.39, 0.29) is 12.1 Å². The molecule has 1 aromatic heterocycles. The first kappa shape index (κ1) is 15.9. The molecular formula is C22H22O3. The SMILES string of the molecule is CCCCc1ccc(-c2oc3ccccc3c2CC2CC(=O)O2)cc1. The molecule has 1 saturated heterocycles. The highest BCUT2D eigenvalue weighted by Crippen LogP contribution is 2.36. The maximum atomic E-state index is 11.1. The average Bonchev–Trinajstić information content (AvgIpc) is 2.98. The predicted octanol–water partition coefficient (Wildman–Crippen LogP) is 5.30. The van der Waals surface area contributed by atoms with Crippen LogP contribution in [0.15, 0.2) is 52.9 Å². The van der Waals surface area contributed by atoms with Gasteiger partial charge in [-0.05, 0) is 24.5 Å². The largest absolute Gasteiger partial charge is 0.461 e. The zero-order chi connectivity index (χ0) is 17.2. The van der Waals surface area contributed by atoms with E-state index in [9.17, 15) is 4.79 Å². The topological polar surface area (TPSA) is 39.4 Å². The van der Waals surface area contributed by atoms with Crippen molar-refractivity contribution >= 4 is 16.9 Å². The molecule has 3 aromatic rings. The Labute approximate surface area is 147 Å². The van der Waals surface area contributed by atoms with Gasteiger partial charge in [-0.15, -0.1) is 0 Å². The first-order chi connectivity index (χ1) is 12.2. The summed E-state index contributed by atoms with van der Waals surface area (Å²) in [4.78, 5) is 11.1. The fraction of sp³-hybridized carbons (Fsp3) is 0.318. The van der Waals surface area contributed by atoms with Crippen molar-refractivity contribution in [1.82, 2.24) is 0 Å². The van der Waals surface area contributed by atoms with Crippen molar-refractivity contribution in [2.24, 2.45) is 0 Å². The molecule has 1 atom stereocenters. The molecule has 0 radical (unpaired) electrons. The number of para-hydroxylation sites is 1. The first-order valence-corrected chi connectivity index (χ1v) is 9.04. The highest BCUT2D eigenvalue weighted by molar-refractivity contribution is 5.88. The van der Waals surface area contributed by atoms with Gasteiger partial charge in [0.2, 0.25) is 0 Å². The normalized spacial score (nSPS) is 16.7. The lowest BCUT2D eigenvalue weighted by Gasteiger charge is -2.25. The van der Waals surface area contributed by atoms with Crippen molar-refractivity contribution in [1.29, 1.82) is 0 Å². The van der Waals surface area contributed by atoms with Crippen molar-refractivity contribution in [3.05, 3.63) is 59.7 Å². The summed E-state index contributed by atoms with van der Waals surface area (Å²) in [5.74, 6) is 0.783. The van der Waals surface area contributed by atoms with Gasteiger partial charge in [0.05, 0.1) is 6.42 Å². The summed E-state index contributed by atoms with van der Waals surface area (Å²) in [6.07, 6.45) is 4.70.